The van der Waals surface area contributed by atoms with Crippen LogP contribution in [0.2, 0.25) is 0 Å². The molecule has 0 radical (unpaired) electrons. The van der Waals surface area contributed by atoms with E-state index >= 15 is 0 Å². The minimum absolute atomic E-state index is 0.00117. The van der Waals surface area contributed by atoms with Crippen molar-refractivity contribution in [1.29, 1.82) is 0 Å². The van der Waals surface area contributed by atoms with Crippen LogP contribution in [0, 0.1) is 0 Å². The van der Waals surface area contributed by atoms with Gasteiger partial charge >= 0.3 is 13.7 Å². The fraction of sp³-hybridized carbons (Fsp3) is 0.517. The lowest BCUT2D eigenvalue weighted by molar-refractivity contribution is -0.134. The number of piperazine rings is 1. The first kappa shape index (κ1) is 32.4. The number of nitrogens with one attached hydrogen (secondary N) is 1. The van der Waals surface area contributed by atoms with Gasteiger partial charge in [-0.05, 0) is 31.4 Å². The number of pyridine rings is 1. The zero-order valence-electron chi connectivity index (χ0n) is 24.6. The van der Waals surface area contributed by atoms with Crippen LogP contribution >= 0.6 is 7.60 Å². The molecule has 2 aliphatic heterocycles. The lowest BCUT2D eigenvalue weighted by Gasteiger charge is -2.36. The highest BCUT2D eigenvalue weighted by molar-refractivity contribution is 7.51. The predicted molar refractivity (Wildman–Crippen MR) is 160 cm³/mol. The second-order valence-corrected chi connectivity index (χ2v) is 12.3. The van der Waals surface area contributed by atoms with Crippen molar-refractivity contribution in [1.82, 2.24) is 20.1 Å². The number of carbonyl (C=O) groups is 3. The topological polar surface area (TPSA) is 162 Å². The van der Waals surface area contributed by atoms with Crippen molar-refractivity contribution in [3.63, 3.8) is 0 Å². The number of amides is 3. The number of rotatable bonds is 11. The zero-order chi connectivity index (χ0) is 31.0. The molecule has 1 aromatic carbocycles. The summed E-state index contributed by atoms with van der Waals surface area (Å²) in [6.45, 7) is 3.69. The molecule has 2 aromatic rings. The Hall–Kier alpha value is -3.51. The summed E-state index contributed by atoms with van der Waals surface area (Å²) in [5.74, 6) is -1.38. The fourth-order valence-electron chi connectivity index (χ4n) is 5.21. The highest BCUT2D eigenvalue weighted by Gasteiger charge is 2.35. The van der Waals surface area contributed by atoms with E-state index in [4.69, 9.17) is 9.47 Å². The molecule has 1 aromatic heterocycles. The molecule has 234 valence electrons. The van der Waals surface area contributed by atoms with Crippen LogP contribution in [0.3, 0.4) is 0 Å². The third-order valence-electron chi connectivity index (χ3n) is 7.51. The monoisotopic (exact) mass is 617 g/mol. The number of hydrogen-bond acceptors (Lipinski definition) is 8. The lowest BCUT2D eigenvalue weighted by Crippen LogP contribution is -2.56. The van der Waals surface area contributed by atoms with Crippen LogP contribution in [-0.2, 0) is 18.8 Å². The Morgan fingerprint density at radius 3 is 2.42 bits per heavy atom. The first-order valence-electron chi connectivity index (χ1n) is 14.5. The first-order valence-corrected chi connectivity index (χ1v) is 16.3. The Balaban J connectivity index is 1.53. The van der Waals surface area contributed by atoms with Crippen LogP contribution in [0.25, 0.3) is 11.3 Å². The smallest absolute Gasteiger partial charge is 0.409 e. The van der Waals surface area contributed by atoms with Gasteiger partial charge in [-0.15, -0.1) is 0 Å². The molecule has 3 amide bonds. The van der Waals surface area contributed by atoms with E-state index in [1.165, 1.54) is 9.80 Å². The molecule has 2 saturated heterocycles. The minimum atomic E-state index is -4.71. The number of carbonyl (C=O) groups excluding carboxylic acids is 3. The minimum Gasteiger partial charge on any atom is -0.449 e. The van der Waals surface area contributed by atoms with Crippen molar-refractivity contribution in [2.75, 3.05) is 57.5 Å². The van der Waals surface area contributed by atoms with E-state index < -0.39 is 37.7 Å². The second-order valence-electron chi connectivity index (χ2n) is 10.6. The number of aromatic nitrogens is 1. The molecular formula is C29H40N5O8P. The summed E-state index contributed by atoms with van der Waals surface area (Å²) in [6, 6.07) is 11.3. The van der Waals surface area contributed by atoms with Gasteiger partial charge in [-0.2, -0.15) is 0 Å². The van der Waals surface area contributed by atoms with E-state index in [0.29, 0.717) is 18.0 Å². The van der Waals surface area contributed by atoms with Crippen LogP contribution in [0.1, 0.15) is 43.1 Å². The van der Waals surface area contributed by atoms with Gasteiger partial charge in [0.05, 0.1) is 18.5 Å². The average Bonchev–Trinajstić information content (AvgIpc) is 3.49. The van der Waals surface area contributed by atoms with Gasteiger partial charge in [-0.1, -0.05) is 43.7 Å². The van der Waals surface area contributed by atoms with E-state index in [1.807, 2.05) is 48.2 Å². The largest absolute Gasteiger partial charge is 0.449 e. The van der Waals surface area contributed by atoms with E-state index in [-0.39, 0.29) is 38.1 Å². The number of ether oxygens (including phenoxy) is 2. The van der Waals surface area contributed by atoms with Gasteiger partial charge in [0.1, 0.15) is 18.0 Å². The number of nitrogens with zero attached hydrogens (tertiary/aromatic N) is 4. The Morgan fingerprint density at radius 2 is 1.77 bits per heavy atom. The van der Waals surface area contributed by atoms with Gasteiger partial charge in [0.2, 0.25) is 5.91 Å². The van der Waals surface area contributed by atoms with E-state index in [9.17, 15) is 28.7 Å². The molecule has 3 heterocycles. The number of hydrogen-bond donors (Lipinski definition) is 3. The SMILES string of the molecule is CCCCOC(=O)N1CCN(C(=O)[C@H](CP(=O)(O)O)NC(=O)c2cc(N3CCC[C@@H]3OC)cc(-c3ccccc3)n2)CC1. The predicted octanol–water partition coefficient (Wildman–Crippen LogP) is 2.68. The summed E-state index contributed by atoms with van der Waals surface area (Å²) in [4.78, 5) is 68.3. The van der Waals surface area contributed by atoms with Crippen molar-refractivity contribution in [2.45, 2.75) is 44.9 Å². The zero-order valence-corrected chi connectivity index (χ0v) is 25.4. The molecule has 2 aliphatic rings. The maximum Gasteiger partial charge on any atom is 0.409 e. The molecule has 13 nitrogen and oxygen atoms in total. The second kappa shape index (κ2) is 14.8. The van der Waals surface area contributed by atoms with Gasteiger partial charge in [-0.3, -0.25) is 14.2 Å². The normalized spacial score (nSPS) is 18.0. The quantitative estimate of drug-likeness (QED) is 0.253. The molecule has 2 atom stereocenters. The highest BCUT2D eigenvalue weighted by atomic mass is 31.2. The molecule has 0 saturated carbocycles. The van der Waals surface area contributed by atoms with Crippen molar-refractivity contribution in [2.24, 2.45) is 0 Å². The van der Waals surface area contributed by atoms with Gasteiger partial charge in [0.15, 0.2) is 0 Å². The first-order chi connectivity index (χ1) is 20.6. The molecule has 0 aliphatic carbocycles. The van der Waals surface area contributed by atoms with Crippen LogP contribution in [0.4, 0.5) is 10.5 Å². The number of anilines is 1. The van der Waals surface area contributed by atoms with Crippen LogP contribution in [0.5, 0.6) is 0 Å². The molecule has 14 heteroatoms. The fourth-order valence-corrected chi connectivity index (χ4v) is 5.94. The molecule has 0 spiro atoms. The van der Waals surface area contributed by atoms with Gasteiger partial charge < -0.3 is 39.3 Å². The van der Waals surface area contributed by atoms with Crippen LogP contribution in [0.15, 0.2) is 42.5 Å². The van der Waals surface area contributed by atoms with E-state index in [2.05, 4.69) is 10.3 Å². The summed E-state index contributed by atoms with van der Waals surface area (Å²) < 4.78 is 22.9. The van der Waals surface area contributed by atoms with Crippen molar-refractivity contribution < 1.29 is 38.2 Å². The van der Waals surface area contributed by atoms with Crippen LogP contribution in [-0.4, -0.2) is 107 Å². The standard InChI is InChI=1S/C29H40N5O8P/c1-3-4-17-42-29(37)33-15-13-32(14-16-33)28(36)25(20-43(38,39)40)31-27(35)24-19-22(34-12-8-11-26(34)41-2)18-23(30-24)21-9-6-5-7-10-21/h5-7,9-10,18-19,25-26H,3-4,8,11-17,20H2,1-2H3,(H,31,35)(H2,38,39,40)/t25-,26-/m0/s1. The van der Waals surface area contributed by atoms with Crippen molar-refractivity contribution in [3.8, 4) is 11.3 Å². The summed E-state index contributed by atoms with van der Waals surface area (Å²) in [7, 11) is -3.08. The van der Waals surface area contributed by atoms with Crippen LogP contribution < -0.4 is 10.2 Å². The molecule has 0 bridgehead atoms. The summed E-state index contributed by atoms with van der Waals surface area (Å²) in [5, 5.41) is 2.54. The molecule has 43 heavy (non-hydrogen) atoms. The molecule has 2 fully saturated rings. The van der Waals surface area contributed by atoms with Crippen molar-refractivity contribution in [3.05, 3.63) is 48.2 Å². The summed E-state index contributed by atoms with van der Waals surface area (Å²) in [5.41, 5.74) is 2.02. The Labute approximate surface area is 251 Å². The summed E-state index contributed by atoms with van der Waals surface area (Å²) in [6.07, 6.45) is 1.86. The third-order valence-corrected chi connectivity index (χ3v) is 8.35. The number of methoxy groups -OCH3 is 1. The molecule has 4 rings (SSSR count). The Kier molecular flexibility index (Phi) is 11.1. The molecular weight excluding hydrogens is 577 g/mol. The average molecular weight is 618 g/mol. The Bertz CT molecular complexity index is 1320. The van der Waals surface area contributed by atoms with Gasteiger partial charge in [0, 0.05) is 51.1 Å². The van der Waals surface area contributed by atoms with E-state index in [1.54, 1.807) is 13.2 Å². The summed E-state index contributed by atoms with van der Waals surface area (Å²) >= 11 is 0. The maximum atomic E-state index is 13.6. The lowest BCUT2D eigenvalue weighted by atomic mass is 10.1. The van der Waals surface area contributed by atoms with Crippen molar-refractivity contribution >= 4 is 31.2 Å². The highest BCUT2D eigenvalue weighted by Crippen LogP contribution is 2.36. The Morgan fingerprint density at radius 1 is 1.07 bits per heavy atom. The number of benzene rings is 1. The maximum absolute atomic E-state index is 13.6. The number of unbranched alkanes of at least 4 members (excludes halogenated alkanes) is 1. The third kappa shape index (κ3) is 8.76. The van der Waals surface area contributed by atoms with Gasteiger partial charge in [0.25, 0.3) is 5.91 Å². The van der Waals surface area contributed by atoms with Gasteiger partial charge in [-0.25, -0.2) is 9.78 Å². The molecule has 0 unspecified atom stereocenters. The molecule has 3 N–H and O–H groups in total. The van der Waals surface area contributed by atoms with E-state index in [0.717, 1.165) is 37.8 Å².